The third kappa shape index (κ3) is 2.57. The molecule has 0 radical (unpaired) electrons. The first-order chi connectivity index (χ1) is 9.84. The van der Waals surface area contributed by atoms with Gasteiger partial charge in [-0.15, -0.1) is 0 Å². The van der Waals surface area contributed by atoms with Gasteiger partial charge in [-0.2, -0.15) is 0 Å². The maximum Gasteiger partial charge on any atom is 0.000496 e. The van der Waals surface area contributed by atoms with Crippen LogP contribution >= 0.6 is 0 Å². The van der Waals surface area contributed by atoms with Crippen molar-refractivity contribution in [2.75, 3.05) is 0 Å². The summed E-state index contributed by atoms with van der Waals surface area (Å²) in [5, 5.41) is 5.33. The van der Waals surface area contributed by atoms with E-state index < -0.39 is 0 Å². The van der Waals surface area contributed by atoms with Crippen LogP contribution in [-0.2, 0) is 0 Å². The Morgan fingerprint density at radius 1 is 0.650 bits per heavy atom. The first-order valence-corrected chi connectivity index (χ1v) is 6.80. The Balaban J connectivity index is 0.000000205. The lowest BCUT2D eigenvalue weighted by atomic mass is 10.0. The Labute approximate surface area is 118 Å². The van der Waals surface area contributed by atoms with Crippen LogP contribution in [0.5, 0.6) is 0 Å². The highest BCUT2D eigenvalue weighted by molar-refractivity contribution is 6.07. The molecule has 0 fully saturated rings. The van der Waals surface area contributed by atoms with E-state index in [2.05, 4.69) is 66.5 Å². The monoisotopic (exact) mass is 259 g/mol. The number of aryl methyl sites for hydroxylation is 1. The lowest BCUT2D eigenvalue weighted by molar-refractivity contribution is 1.42. The van der Waals surface area contributed by atoms with Gasteiger partial charge in [0.2, 0.25) is 0 Å². The van der Waals surface area contributed by atoms with Crippen molar-refractivity contribution in [3.63, 3.8) is 0 Å². The second kappa shape index (κ2) is 5.62. The molecule has 1 nitrogen and oxygen atoms in total. The molecule has 98 valence electrons. The van der Waals surface area contributed by atoms with Crippen molar-refractivity contribution in [1.29, 1.82) is 0 Å². The number of rotatable bonds is 0. The molecule has 0 amide bonds. The topological polar surface area (TPSA) is 15.8 Å². The molecule has 0 aliphatic rings. The number of hydrogen-bond acceptors (Lipinski definition) is 0. The van der Waals surface area contributed by atoms with Gasteiger partial charge in [0.1, 0.15) is 0 Å². The van der Waals surface area contributed by atoms with Gasteiger partial charge in [0.05, 0.1) is 0 Å². The maximum absolute atomic E-state index is 2.86. The zero-order valence-electron chi connectivity index (χ0n) is 11.5. The molecule has 0 saturated heterocycles. The molecular weight excluding hydrogens is 242 g/mol. The minimum absolute atomic E-state index is 1.31. The summed E-state index contributed by atoms with van der Waals surface area (Å²) in [4.78, 5) is 2.86. The first-order valence-electron chi connectivity index (χ1n) is 6.80. The average molecular weight is 259 g/mol. The third-order valence-electron chi connectivity index (χ3n) is 3.40. The summed E-state index contributed by atoms with van der Waals surface area (Å²) in [5.41, 5.74) is 1.32. The molecule has 4 rings (SSSR count). The predicted molar refractivity (Wildman–Crippen MR) is 87.0 cm³/mol. The molecule has 1 heteroatoms. The zero-order valence-corrected chi connectivity index (χ0v) is 11.5. The number of benzene rings is 3. The van der Waals surface area contributed by atoms with Crippen LogP contribution in [0.1, 0.15) is 5.56 Å². The van der Waals surface area contributed by atoms with E-state index in [0.717, 1.165) is 0 Å². The van der Waals surface area contributed by atoms with Crippen molar-refractivity contribution >= 4 is 21.5 Å². The SMILES string of the molecule is Cc1ccc2c(ccc3ccccc32)c1.c1cc[nH]c1. The van der Waals surface area contributed by atoms with Crippen LogP contribution in [0.3, 0.4) is 0 Å². The number of H-pyrrole nitrogens is 1. The number of hydrogen-bond donors (Lipinski definition) is 1. The largest absolute Gasteiger partial charge is 0.368 e. The van der Waals surface area contributed by atoms with Crippen molar-refractivity contribution in [2.45, 2.75) is 6.92 Å². The van der Waals surface area contributed by atoms with E-state index in [1.54, 1.807) is 0 Å². The van der Waals surface area contributed by atoms with Crippen molar-refractivity contribution in [2.24, 2.45) is 0 Å². The van der Waals surface area contributed by atoms with Gasteiger partial charge < -0.3 is 4.98 Å². The van der Waals surface area contributed by atoms with E-state index in [0.29, 0.717) is 0 Å². The predicted octanol–water partition coefficient (Wildman–Crippen LogP) is 5.32. The van der Waals surface area contributed by atoms with E-state index in [-0.39, 0.29) is 0 Å². The van der Waals surface area contributed by atoms with Gasteiger partial charge in [0, 0.05) is 12.4 Å². The van der Waals surface area contributed by atoms with E-state index in [1.807, 2.05) is 24.5 Å². The highest BCUT2D eigenvalue weighted by Gasteiger charge is 1.98. The van der Waals surface area contributed by atoms with Crippen LogP contribution in [0.25, 0.3) is 21.5 Å². The van der Waals surface area contributed by atoms with E-state index in [4.69, 9.17) is 0 Å². The standard InChI is InChI=1S/C15H12.C4H5N/c1-11-6-9-15-13(10-11)8-7-12-4-2-3-5-14(12)15;1-2-4-5-3-1/h2-10H,1H3;1-5H. The van der Waals surface area contributed by atoms with Crippen molar-refractivity contribution < 1.29 is 0 Å². The number of aromatic nitrogens is 1. The summed E-state index contributed by atoms with van der Waals surface area (Å²) >= 11 is 0. The Bertz CT molecular complexity index is 796. The molecule has 0 unspecified atom stereocenters. The highest BCUT2D eigenvalue weighted by Crippen LogP contribution is 2.25. The normalized spacial score (nSPS) is 10.2. The van der Waals surface area contributed by atoms with Gasteiger partial charge in [-0.1, -0.05) is 60.2 Å². The molecule has 0 aliphatic carbocycles. The summed E-state index contributed by atoms with van der Waals surface area (Å²) in [6, 6.07) is 23.4. The van der Waals surface area contributed by atoms with E-state index in [1.165, 1.54) is 27.1 Å². The molecule has 0 spiro atoms. The van der Waals surface area contributed by atoms with Gasteiger partial charge in [0.25, 0.3) is 0 Å². The second-order valence-corrected chi connectivity index (χ2v) is 4.90. The minimum Gasteiger partial charge on any atom is -0.368 e. The lowest BCUT2D eigenvalue weighted by Crippen LogP contribution is -1.78. The van der Waals surface area contributed by atoms with Crippen LogP contribution in [-0.4, -0.2) is 4.98 Å². The number of fused-ring (bicyclic) bond motifs is 3. The molecular formula is C19H17N. The third-order valence-corrected chi connectivity index (χ3v) is 3.40. The van der Waals surface area contributed by atoms with Crippen molar-refractivity contribution in [1.82, 2.24) is 4.98 Å². The molecule has 0 saturated carbocycles. The van der Waals surface area contributed by atoms with E-state index in [9.17, 15) is 0 Å². The average Bonchev–Trinajstić information content (AvgIpc) is 3.06. The molecule has 1 heterocycles. The van der Waals surface area contributed by atoms with E-state index >= 15 is 0 Å². The Hall–Kier alpha value is -2.54. The zero-order chi connectivity index (χ0) is 13.8. The summed E-state index contributed by atoms with van der Waals surface area (Å²) in [5.74, 6) is 0. The summed E-state index contributed by atoms with van der Waals surface area (Å²) in [7, 11) is 0. The fourth-order valence-electron chi connectivity index (χ4n) is 2.41. The molecule has 1 N–H and O–H groups in total. The molecule has 4 aromatic rings. The van der Waals surface area contributed by atoms with Crippen LogP contribution in [0, 0.1) is 6.92 Å². The van der Waals surface area contributed by atoms with Crippen LogP contribution in [0.2, 0.25) is 0 Å². The molecule has 1 aromatic heterocycles. The van der Waals surface area contributed by atoms with Crippen molar-refractivity contribution in [3.8, 4) is 0 Å². The molecule has 3 aromatic carbocycles. The number of aromatic amines is 1. The van der Waals surface area contributed by atoms with Gasteiger partial charge in [-0.05, 0) is 40.6 Å². The Kier molecular flexibility index (Phi) is 3.51. The second-order valence-electron chi connectivity index (χ2n) is 4.90. The minimum atomic E-state index is 1.31. The molecule has 0 aliphatic heterocycles. The van der Waals surface area contributed by atoms with Gasteiger partial charge >= 0.3 is 0 Å². The summed E-state index contributed by atoms with van der Waals surface area (Å²) in [6.45, 7) is 2.13. The van der Waals surface area contributed by atoms with Gasteiger partial charge in [-0.3, -0.25) is 0 Å². The van der Waals surface area contributed by atoms with Gasteiger partial charge in [-0.25, -0.2) is 0 Å². The van der Waals surface area contributed by atoms with Crippen molar-refractivity contribution in [3.05, 3.63) is 84.7 Å². The smallest absolute Gasteiger partial charge is 0.000496 e. The van der Waals surface area contributed by atoms with Crippen LogP contribution < -0.4 is 0 Å². The Morgan fingerprint density at radius 3 is 2.10 bits per heavy atom. The Morgan fingerprint density at radius 2 is 1.35 bits per heavy atom. The summed E-state index contributed by atoms with van der Waals surface area (Å²) in [6.07, 6.45) is 3.75. The van der Waals surface area contributed by atoms with Gasteiger partial charge in [0.15, 0.2) is 0 Å². The van der Waals surface area contributed by atoms with Crippen LogP contribution in [0.4, 0.5) is 0 Å². The number of nitrogens with one attached hydrogen (secondary N) is 1. The van der Waals surface area contributed by atoms with Crippen LogP contribution in [0.15, 0.2) is 79.1 Å². The fourth-order valence-corrected chi connectivity index (χ4v) is 2.41. The summed E-state index contributed by atoms with van der Waals surface area (Å²) < 4.78 is 0. The highest BCUT2D eigenvalue weighted by atomic mass is 14.6. The first kappa shape index (κ1) is 12.5. The maximum atomic E-state index is 2.86. The fraction of sp³-hybridized carbons (Fsp3) is 0.0526. The lowest BCUT2D eigenvalue weighted by Gasteiger charge is -2.04. The molecule has 0 atom stereocenters. The molecule has 20 heavy (non-hydrogen) atoms. The molecule has 0 bridgehead atoms. The quantitative estimate of drug-likeness (QED) is 0.411.